The van der Waals surface area contributed by atoms with Gasteiger partial charge >= 0.3 is 18.2 Å². The first kappa shape index (κ1) is 16.8. The van der Waals surface area contributed by atoms with Gasteiger partial charge in [-0.3, -0.25) is 0 Å². The summed E-state index contributed by atoms with van der Waals surface area (Å²) in [6.45, 7) is -0.291. The number of alkyl halides is 3. The van der Waals surface area contributed by atoms with Gasteiger partial charge in [-0.2, -0.15) is 13.2 Å². The molecule has 1 rings (SSSR count). The molecule has 2 atom stereocenters. The summed E-state index contributed by atoms with van der Waals surface area (Å²) in [6.07, 6.45) is -9.44. The number of carboxylic acids is 1. The third-order valence-corrected chi connectivity index (χ3v) is 2.41. The first-order valence-corrected chi connectivity index (χ1v) is 5.66. The molecule has 1 aromatic rings. The molecule has 0 radical (unpaired) electrons. The van der Waals surface area contributed by atoms with Crippen molar-refractivity contribution in [2.24, 2.45) is 0 Å². The van der Waals surface area contributed by atoms with E-state index in [-0.39, 0.29) is 6.61 Å². The number of aliphatic hydroxyl groups excluding tert-OH is 1. The van der Waals surface area contributed by atoms with Gasteiger partial charge in [0.05, 0.1) is 0 Å². The summed E-state index contributed by atoms with van der Waals surface area (Å²) >= 11 is 0. The molecule has 0 bridgehead atoms. The lowest BCUT2D eigenvalue weighted by Crippen LogP contribution is -2.55. The largest absolute Gasteiger partial charge is 0.479 e. The smallest absolute Gasteiger partial charge is 0.411 e. The van der Waals surface area contributed by atoms with E-state index >= 15 is 0 Å². The zero-order chi connectivity index (χ0) is 16.0. The van der Waals surface area contributed by atoms with Crippen LogP contribution in [0.1, 0.15) is 5.56 Å². The zero-order valence-corrected chi connectivity index (χ0v) is 10.5. The topological polar surface area (TPSA) is 95.9 Å². The number of ether oxygens (including phenoxy) is 1. The number of hydrogen-bond acceptors (Lipinski definition) is 4. The standard InChI is InChI=1S/C12H12F3NO5/c13-12(14,15)9(8(17)10(18)19)16-11(20)21-6-7-4-2-1-3-5-7/h1-5,8-9,17H,6H2,(H,16,20)(H,18,19)/t8-,9+/m0/s1. The van der Waals surface area contributed by atoms with Crippen LogP contribution in [0.25, 0.3) is 0 Å². The van der Waals surface area contributed by atoms with Gasteiger partial charge in [-0.05, 0) is 5.56 Å². The molecule has 0 saturated carbocycles. The Kier molecular flexibility index (Phi) is 5.53. The molecule has 6 nitrogen and oxygen atoms in total. The third kappa shape index (κ3) is 5.30. The average Bonchev–Trinajstić information content (AvgIpc) is 2.41. The maximum atomic E-state index is 12.6. The predicted octanol–water partition coefficient (Wildman–Crippen LogP) is 1.29. The van der Waals surface area contributed by atoms with E-state index in [2.05, 4.69) is 4.74 Å². The van der Waals surface area contributed by atoms with Gasteiger partial charge in [-0.25, -0.2) is 9.59 Å². The number of aliphatic hydroxyl groups is 1. The normalized spacial score (nSPS) is 14.1. The maximum Gasteiger partial charge on any atom is 0.411 e. The fraction of sp³-hybridized carbons (Fsp3) is 0.333. The summed E-state index contributed by atoms with van der Waals surface area (Å²) in [7, 11) is 0. The summed E-state index contributed by atoms with van der Waals surface area (Å²) in [5, 5.41) is 18.7. The first-order valence-electron chi connectivity index (χ1n) is 5.66. The predicted molar refractivity (Wildman–Crippen MR) is 63.2 cm³/mol. The van der Waals surface area contributed by atoms with Crippen molar-refractivity contribution in [1.29, 1.82) is 0 Å². The van der Waals surface area contributed by atoms with Crippen LogP contribution in [0.3, 0.4) is 0 Å². The van der Waals surface area contributed by atoms with Crippen LogP contribution in [-0.4, -0.2) is 40.6 Å². The van der Waals surface area contributed by atoms with Crippen LogP contribution in [-0.2, 0) is 16.1 Å². The number of carbonyl (C=O) groups is 2. The van der Waals surface area contributed by atoms with E-state index in [1.54, 1.807) is 30.3 Å². The fourth-order valence-electron chi connectivity index (χ4n) is 1.37. The van der Waals surface area contributed by atoms with Gasteiger partial charge in [0.2, 0.25) is 0 Å². The number of benzene rings is 1. The molecule has 1 amide bonds. The highest BCUT2D eigenvalue weighted by atomic mass is 19.4. The summed E-state index contributed by atoms with van der Waals surface area (Å²) in [5.41, 5.74) is 0.537. The van der Waals surface area contributed by atoms with Gasteiger partial charge in [0.25, 0.3) is 0 Å². The van der Waals surface area contributed by atoms with Crippen molar-refractivity contribution < 1.29 is 37.7 Å². The van der Waals surface area contributed by atoms with E-state index < -0.39 is 30.4 Å². The number of carbonyl (C=O) groups excluding carboxylic acids is 1. The number of alkyl carbamates (subject to hydrolysis) is 1. The fourth-order valence-corrected chi connectivity index (χ4v) is 1.37. The summed E-state index contributed by atoms with van der Waals surface area (Å²) in [4.78, 5) is 21.7. The molecule has 0 aliphatic carbocycles. The number of amides is 1. The van der Waals surface area contributed by atoms with Gasteiger partial charge in [0.15, 0.2) is 12.1 Å². The Labute approximate surface area is 117 Å². The van der Waals surface area contributed by atoms with Crippen molar-refractivity contribution in [2.45, 2.75) is 24.9 Å². The summed E-state index contributed by atoms with van der Waals surface area (Å²) in [5.74, 6) is -2.11. The third-order valence-electron chi connectivity index (χ3n) is 2.41. The SMILES string of the molecule is O=C(N[C@H]([C@H](O)C(=O)O)C(F)(F)F)OCc1ccccc1. The minimum absolute atomic E-state index is 0.291. The van der Waals surface area contributed by atoms with E-state index in [4.69, 9.17) is 10.2 Å². The van der Waals surface area contributed by atoms with Crippen LogP contribution in [0.4, 0.5) is 18.0 Å². The summed E-state index contributed by atoms with van der Waals surface area (Å²) in [6, 6.07) is 5.19. The highest BCUT2D eigenvalue weighted by Gasteiger charge is 2.48. The Morgan fingerprint density at radius 1 is 1.24 bits per heavy atom. The van der Waals surface area contributed by atoms with E-state index in [1.165, 1.54) is 5.32 Å². The molecule has 3 N–H and O–H groups in total. The Balaban J connectivity index is 2.62. The highest BCUT2D eigenvalue weighted by molar-refractivity contribution is 5.75. The zero-order valence-electron chi connectivity index (χ0n) is 10.5. The average molecular weight is 307 g/mol. The Morgan fingerprint density at radius 3 is 2.29 bits per heavy atom. The number of aliphatic carboxylic acids is 1. The Morgan fingerprint density at radius 2 is 1.81 bits per heavy atom. The molecule has 0 unspecified atom stereocenters. The molecule has 0 aliphatic rings. The molecule has 0 fully saturated rings. The Bertz CT molecular complexity index is 491. The number of hydrogen-bond donors (Lipinski definition) is 3. The second-order valence-corrected chi connectivity index (χ2v) is 4.01. The van der Waals surface area contributed by atoms with Gasteiger partial charge in [0, 0.05) is 0 Å². The number of rotatable bonds is 5. The van der Waals surface area contributed by atoms with E-state index in [1.807, 2.05) is 0 Å². The molecule has 9 heteroatoms. The molecule has 0 saturated heterocycles. The van der Waals surface area contributed by atoms with Crippen LogP contribution in [0.2, 0.25) is 0 Å². The van der Waals surface area contributed by atoms with E-state index in [0.29, 0.717) is 5.56 Å². The van der Waals surface area contributed by atoms with E-state index in [0.717, 1.165) is 0 Å². The molecule has 0 heterocycles. The van der Waals surface area contributed by atoms with Gasteiger partial charge < -0.3 is 20.3 Å². The van der Waals surface area contributed by atoms with Crippen molar-refractivity contribution in [2.75, 3.05) is 0 Å². The number of nitrogens with one attached hydrogen (secondary N) is 1. The van der Waals surface area contributed by atoms with Gasteiger partial charge in [-0.1, -0.05) is 30.3 Å². The molecular weight excluding hydrogens is 295 g/mol. The molecule has 116 valence electrons. The second kappa shape index (κ2) is 6.93. The first-order chi connectivity index (χ1) is 9.71. The molecule has 21 heavy (non-hydrogen) atoms. The van der Waals surface area contributed by atoms with E-state index in [9.17, 15) is 22.8 Å². The minimum atomic E-state index is -5.14. The minimum Gasteiger partial charge on any atom is -0.479 e. The van der Waals surface area contributed by atoms with Gasteiger partial charge in [-0.15, -0.1) is 0 Å². The number of halogens is 3. The van der Waals surface area contributed by atoms with Crippen molar-refractivity contribution in [3.05, 3.63) is 35.9 Å². The summed E-state index contributed by atoms with van der Waals surface area (Å²) < 4.78 is 42.2. The maximum absolute atomic E-state index is 12.6. The van der Waals surface area contributed by atoms with Gasteiger partial charge in [0.1, 0.15) is 6.61 Å². The molecule has 1 aromatic carbocycles. The van der Waals surface area contributed by atoms with Crippen molar-refractivity contribution in [3.63, 3.8) is 0 Å². The number of carboxylic acid groups (broad SMARTS) is 1. The Hall–Kier alpha value is -2.29. The molecular formula is C12H12F3NO5. The molecule has 0 aliphatic heterocycles. The van der Waals surface area contributed by atoms with Crippen LogP contribution in [0, 0.1) is 0 Å². The van der Waals surface area contributed by atoms with Crippen molar-refractivity contribution in [3.8, 4) is 0 Å². The van der Waals surface area contributed by atoms with Crippen LogP contribution >= 0.6 is 0 Å². The van der Waals surface area contributed by atoms with Crippen molar-refractivity contribution >= 4 is 12.1 Å². The van der Waals surface area contributed by atoms with Crippen LogP contribution in [0.15, 0.2) is 30.3 Å². The lowest BCUT2D eigenvalue weighted by molar-refractivity contribution is -0.188. The van der Waals surface area contributed by atoms with Crippen LogP contribution < -0.4 is 5.32 Å². The lowest BCUT2D eigenvalue weighted by atomic mass is 10.1. The molecule has 0 aromatic heterocycles. The quantitative estimate of drug-likeness (QED) is 0.762. The monoisotopic (exact) mass is 307 g/mol. The van der Waals surface area contributed by atoms with Crippen LogP contribution in [0.5, 0.6) is 0 Å². The molecule has 0 spiro atoms. The lowest BCUT2D eigenvalue weighted by Gasteiger charge is -2.23. The second-order valence-electron chi connectivity index (χ2n) is 4.01. The highest BCUT2D eigenvalue weighted by Crippen LogP contribution is 2.23. The van der Waals surface area contributed by atoms with Crippen molar-refractivity contribution in [1.82, 2.24) is 5.32 Å².